The van der Waals surface area contributed by atoms with Crippen molar-refractivity contribution in [3.8, 4) is 0 Å². The van der Waals surface area contributed by atoms with Crippen LogP contribution < -0.4 is 5.32 Å². The van der Waals surface area contributed by atoms with E-state index < -0.39 is 0 Å². The predicted octanol–water partition coefficient (Wildman–Crippen LogP) is 1.89. The molecule has 0 radical (unpaired) electrons. The highest BCUT2D eigenvalue weighted by molar-refractivity contribution is 5.07. The standard InChI is InChI=1S/C13H23N3O/c1-3-6-15-13(11-4-7-17-8-5-11)12-9-14-10-16(12)2/h9-11,13,15H,3-8H2,1-2H3. The Balaban J connectivity index is 2.09. The molecule has 0 spiro atoms. The zero-order valence-corrected chi connectivity index (χ0v) is 10.9. The van der Waals surface area contributed by atoms with Gasteiger partial charge in [0.1, 0.15) is 0 Å². The highest BCUT2D eigenvalue weighted by atomic mass is 16.5. The van der Waals surface area contributed by atoms with Crippen molar-refractivity contribution in [2.75, 3.05) is 19.8 Å². The average Bonchev–Trinajstić information content (AvgIpc) is 2.78. The number of aromatic nitrogens is 2. The molecule has 1 N–H and O–H groups in total. The van der Waals surface area contributed by atoms with Gasteiger partial charge in [-0.1, -0.05) is 6.92 Å². The molecule has 1 fully saturated rings. The number of rotatable bonds is 5. The van der Waals surface area contributed by atoms with Crippen molar-refractivity contribution in [2.24, 2.45) is 13.0 Å². The summed E-state index contributed by atoms with van der Waals surface area (Å²) in [6.45, 7) is 5.06. The second kappa shape index (κ2) is 6.17. The predicted molar refractivity (Wildman–Crippen MR) is 67.8 cm³/mol. The largest absolute Gasteiger partial charge is 0.381 e. The van der Waals surface area contributed by atoms with Gasteiger partial charge in [-0.2, -0.15) is 0 Å². The normalized spacial score (nSPS) is 19.4. The molecule has 0 aliphatic carbocycles. The number of nitrogens with zero attached hydrogens (tertiary/aromatic N) is 2. The zero-order valence-electron chi connectivity index (χ0n) is 10.9. The smallest absolute Gasteiger partial charge is 0.0946 e. The van der Waals surface area contributed by atoms with Crippen molar-refractivity contribution in [3.05, 3.63) is 18.2 Å². The molecular weight excluding hydrogens is 214 g/mol. The maximum Gasteiger partial charge on any atom is 0.0946 e. The van der Waals surface area contributed by atoms with Crippen LogP contribution in [0.3, 0.4) is 0 Å². The Kier molecular flexibility index (Phi) is 4.57. The van der Waals surface area contributed by atoms with E-state index in [-0.39, 0.29) is 0 Å². The fraction of sp³-hybridized carbons (Fsp3) is 0.769. The van der Waals surface area contributed by atoms with Gasteiger partial charge in [0.2, 0.25) is 0 Å². The summed E-state index contributed by atoms with van der Waals surface area (Å²) >= 11 is 0. The van der Waals surface area contributed by atoms with Crippen LogP contribution in [0.25, 0.3) is 0 Å². The lowest BCUT2D eigenvalue weighted by atomic mass is 9.89. The van der Waals surface area contributed by atoms with Crippen LogP contribution in [0.4, 0.5) is 0 Å². The van der Waals surface area contributed by atoms with E-state index in [0.717, 1.165) is 39.0 Å². The number of aryl methyl sites for hydroxylation is 1. The summed E-state index contributed by atoms with van der Waals surface area (Å²) < 4.78 is 7.58. The summed E-state index contributed by atoms with van der Waals surface area (Å²) in [5.41, 5.74) is 1.30. The highest BCUT2D eigenvalue weighted by Gasteiger charge is 2.26. The summed E-state index contributed by atoms with van der Waals surface area (Å²) in [7, 11) is 2.07. The molecule has 1 atom stereocenters. The zero-order chi connectivity index (χ0) is 12.1. The third kappa shape index (κ3) is 3.07. The van der Waals surface area contributed by atoms with E-state index in [1.807, 2.05) is 12.5 Å². The van der Waals surface area contributed by atoms with Gasteiger partial charge in [-0.05, 0) is 31.7 Å². The Morgan fingerprint density at radius 2 is 2.29 bits per heavy atom. The summed E-state index contributed by atoms with van der Waals surface area (Å²) in [6.07, 6.45) is 7.33. The quantitative estimate of drug-likeness (QED) is 0.850. The fourth-order valence-corrected chi connectivity index (χ4v) is 2.53. The fourth-order valence-electron chi connectivity index (χ4n) is 2.53. The highest BCUT2D eigenvalue weighted by Crippen LogP contribution is 2.29. The van der Waals surface area contributed by atoms with Crippen LogP contribution in [-0.4, -0.2) is 29.3 Å². The van der Waals surface area contributed by atoms with E-state index in [2.05, 4.69) is 28.8 Å². The first-order valence-corrected chi connectivity index (χ1v) is 6.60. The van der Waals surface area contributed by atoms with Crippen LogP contribution in [0.2, 0.25) is 0 Å². The second-order valence-corrected chi connectivity index (χ2v) is 4.81. The molecule has 1 unspecified atom stereocenters. The van der Waals surface area contributed by atoms with E-state index in [4.69, 9.17) is 4.74 Å². The molecule has 0 aromatic carbocycles. The third-order valence-electron chi connectivity index (χ3n) is 3.52. The number of ether oxygens (including phenoxy) is 1. The van der Waals surface area contributed by atoms with Gasteiger partial charge in [-0.15, -0.1) is 0 Å². The lowest BCUT2D eigenvalue weighted by molar-refractivity contribution is 0.0527. The minimum Gasteiger partial charge on any atom is -0.381 e. The van der Waals surface area contributed by atoms with Gasteiger partial charge in [0.15, 0.2) is 0 Å². The molecular formula is C13H23N3O. The first-order chi connectivity index (χ1) is 8.33. The lowest BCUT2D eigenvalue weighted by Gasteiger charge is -2.31. The van der Waals surface area contributed by atoms with Gasteiger partial charge in [-0.3, -0.25) is 0 Å². The first-order valence-electron chi connectivity index (χ1n) is 6.60. The summed E-state index contributed by atoms with van der Waals surface area (Å²) in [5, 5.41) is 3.67. The maximum atomic E-state index is 5.45. The van der Waals surface area contributed by atoms with E-state index in [0.29, 0.717) is 12.0 Å². The Labute approximate surface area is 103 Å². The summed E-state index contributed by atoms with van der Waals surface area (Å²) in [5.74, 6) is 0.672. The topological polar surface area (TPSA) is 39.1 Å². The van der Waals surface area contributed by atoms with E-state index in [9.17, 15) is 0 Å². The Hall–Kier alpha value is -0.870. The van der Waals surface area contributed by atoms with E-state index >= 15 is 0 Å². The maximum absolute atomic E-state index is 5.45. The minimum atomic E-state index is 0.423. The molecule has 0 saturated carbocycles. The Bertz CT molecular complexity index is 331. The van der Waals surface area contributed by atoms with Gasteiger partial charge < -0.3 is 14.6 Å². The van der Waals surface area contributed by atoms with Gasteiger partial charge in [0.05, 0.1) is 18.1 Å². The molecule has 4 heteroatoms. The molecule has 0 amide bonds. The van der Waals surface area contributed by atoms with Crippen LogP contribution in [0.15, 0.2) is 12.5 Å². The second-order valence-electron chi connectivity index (χ2n) is 4.81. The molecule has 1 aliphatic heterocycles. The monoisotopic (exact) mass is 237 g/mol. The van der Waals surface area contributed by atoms with Crippen LogP contribution in [0, 0.1) is 5.92 Å². The first kappa shape index (κ1) is 12.6. The van der Waals surface area contributed by atoms with Gasteiger partial charge >= 0.3 is 0 Å². The molecule has 1 aromatic rings. The summed E-state index contributed by atoms with van der Waals surface area (Å²) in [6, 6.07) is 0.423. The molecule has 1 aromatic heterocycles. The van der Waals surface area contributed by atoms with Crippen molar-refractivity contribution in [3.63, 3.8) is 0 Å². The molecule has 1 aliphatic rings. The molecule has 1 saturated heterocycles. The molecule has 96 valence electrons. The van der Waals surface area contributed by atoms with Crippen molar-refractivity contribution in [2.45, 2.75) is 32.2 Å². The number of nitrogens with one attached hydrogen (secondary N) is 1. The van der Waals surface area contributed by atoms with Crippen molar-refractivity contribution >= 4 is 0 Å². The van der Waals surface area contributed by atoms with Crippen molar-refractivity contribution in [1.29, 1.82) is 0 Å². The number of hydrogen-bond donors (Lipinski definition) is 1. The van der Waals surface area contributed by atoms with E-state index in [1.54, 1.807) is 0 Å². The van der Waals surface area contributed by atoms with Crippen molar-refractivity contribution < 1.29 is 4.74 Å². The van der Waals surface area contributed by atoms with Crippen LogP contribution in [0.5, 0.6) is 0 Å². The Morgan fingerprint density at radius 3 is 2.88 bits per heavy atom. The molecule has 2 heterocycles. The van der Waals surface area contributed by atoms with Crippen LogP contribution in [0.1, 0.15) is 37.9 Å². The SMILES string of the molecule is CCCNC(c1cncn1C)C1CCOCC1. The van der Waals surface area contributed by atoms with Crippen LogP contribution in [-0.2, 0) is 11.8 Å². The third-order valence-corrected chi connectivity index (χ3v) is 3.52. The molecule has 17 heavy (non-hydrogen) atoms. The van der Waals surface area contributed by atoms with Gasteiger partial charge in [0.25, 0.3) is 0 Å². The number of hydrogen-bond acceptors (Lipinski definition) is 3. The van der Waals surface area contributed by atoms with E-state index in [1.165, 1.54) is 5.69 Å². The molecule has 4 nitrogen and oxygen atoms in total. The van der Waals surface area contributed by atoms with Crippen molar-refractivity contribution in [1.82, 2.24) is 14.9 Å². The minimum absolute atomic E-state index is 0.423. The number of imidazole rings is 1. The molecule has 0 bridgehead atoms. The van der Waals surface area contributed by atoms with Crippen LogP contribution >= 0.6 is 0 Å². The van der Waals surface area contributed by atoms with Gasteiger partial charge in [0, 0.05) is 26.5 Å². The summed E-state index contributed by atoms with van der Waals surface area (Å²) in [4.78, 5) is 4.24. The van der Waals surface area contributed by atoms with Gasteiger partial charge in [-0.25, -0.2) is 4.98 Å². The average molecular weight is 237 g/mol. The Morgan fingerprint density at radius 1 is 1.53 bits per heavy atom. The molecule has 2 rings (SSSR count). The lowest BCUT2D eigenvalue weighted by Crippen LogP contribution is -2.33.